The van der Waals surface area contributed by atoms with E-state index in [0.29, 0.717) is 17.1 Å². The summed E-state index contributed by atoms with van der Waals surface area (Å²) in [5, 5.41) is 1.12. The van der Waals surface area contributed by atoms with E-state index in [0.717, 1.165) is 19.5 Å². The number of hydrogen-bond acceptors (Lipinski definition) is 6. The molecule has 0 aliphatic carbocycles. The van der Waals surface area contributed by atoms with Crippen molar-refractivity contribution in [1.29, 1.82) is 0 Å². The topological polar surface area (TPSA) is 36.4 Å². The van der Waals surface area contributed by atoms with Gasteiger partial charge in [0.15, 0.2) is 5.78 Å². The first-order valence-electron chi connectivity index (χ1n) is 8.48. The van der Waals surface area contributed by atoms with Crippen LogP contribution in [0.15, 0.2) is 30.3 Å². The van der Waals surface area contributed by atoms with Gasteiger partial charge in [-0.3, -0.25) is 4.79 Å². The highest BCUT2D eigenvalue weighted by Crippen LogP contribution is 2.27. The van der Waals surface area contributed by atoms with Crippen molar-refractivity contribution < 1.29 is 4.79 Å². The molecule has 0 bridgehead atoms. The molecular weight excluding hydrogens is 450 g/mol. The molecule has 2 aromatic rings. The number of nitrogens with zero attached hydrogens (tertiary/aromatic N) is 3. The Hall–Kier alpha value is -0.930. The Morgan fingerprint density at radius 2 is 1.61 bits per heavy atom. The molecule has 2 rings (SSSR count). The fourth-order valence-corrected chi connectivity index (χ4v) is 4.83. The summed E-state index contributed by atoms with van der Waals surface area (Å²) in [7, 11) is 7.58. The van der Waals surface area contributed by atoms with Gasteiger partial charge in [0.2, 0.25) is 0 Å². The molecule has 1 aromatic carbocycles. The number of Topliss-reactive ketones (excluding diaryl/α,β-unsaturated/α-hetero) is 1. The van der Waals surface area contributed by atoms with Crippen molar-refractivity contribution in [3.8, 4) is 0 Å². The summed E-state index contributed by atoms with van der Waals surface area (Å²) < 4.78 is 1.47. The zero-order chi connectivity index (χ0) is 20.8. The van der Waals surface area contributed by atoms with Crippen LogP contribution in [0.3, 0.4) is 0 Å². The van der Waals surface area contributed by atoms with Crippen LogP contribution < -0.4 is 0 Å². The fraction of sp³-hybridized carbons (Fsp3) is 0.368. The van der Waals surface area contributed by atoms with E-state index in [1.54, 1.807) is 0 Å². The van der Waals surface area contributed by atoms with Crippen LogP contribution in [-0.4, -0.2) is 68.9 Å². The second-order valence-corrected chi connectivity index (χ2v) is 10.2. The molecule has 9 heteroatoms. The van der Waals surface area contributed by atoms with Gasteiger partial charge in [0.05, 0.1) is 11.1 Å². The van der Waals surface area contributed by atoms with Crippen LogP contribution >= 0.6 is 59.6 Å². The van der Waals surface area contributed by atoms with Gasteiger partial charge in [0.25, 0.3) is 0 Å². The van der Waals surface area contributed by atoms with E-state index in [1.165, 1.54) is 23.5 Å². The minimum absolute atomic E-state index is 0.0358. The molecule has 0 saturated carbocycles. The van der Waals surface area contributed by atoms with Crippen LogP contribution in [-0.2, 0) is 0 Å². The fourth-order valence-electron chi connectivity index (χ4n) is 2.29. The number of thioether (sulfide) groups is 2. The maximum Gasteiger partial charge on any atom is 0.170 e. The molecule has 0 aliphatic rings. The first kappa shape index (κ1) is 23.3. The van der Waals surface area contributed by atoms with E-state index in [9.17, 15) is 4.79 Å². The number of benzene rings is 1. The van der Waals surface area contributed by atoms with Gasteiger partial charge in [-0.15, -0.1) is 0 Å². The molecule has 4 nitrogen and oxygen atoms in total. The minimum atomic E-state index is -0.286. The number of halogens is 1. The molecule has 0 N–H and O–H groups in total. The highest BCUT2D eigenvalue weighted by Gasteiger charge is 2.25. The lowest BCUT2D eigenvalue weighted by Crippen LogP contribution is -2.26. The third-order valence-electron chi connectivity index (χ3n) is 3.86. The average molecular weight is 472 g/mol. The predicted octanol–water partition coefficient (Wildman–Crippen LogP) is 4.85. The lowest BCUT2D eigenvalue weighted by molar-refractivity contribution is 0.0944. The molecule has 0 spiro atoms. The maximum atomic E-state index is 13.3. The van der Waals surface area contributed by atoms with Gasteiger partial charge < -0.3 is 9.80 Å². The molecule has 0 amide bonds. The number of hydrogen-bond donors (Lipinski definition) is 0. The summed E-state index contributed by atoms with van der Waals surface area (Å²) in [6.07, 6.45) is 0. The Morgan fingerprint density at radius 1 is 1.07 bits per heavy atom. The molecule has 150 valence electrons. The molecule has 0 aliphatic heterocycles. The summed E-state index contributed by atoms with van der Waals surface area (Å²) in [6.45, 7) is 0. The molecule has 0 fully saturated rings. The first-order chi connectivity index (χ1) is 13.2. The van der Waals surface area contributed by atoms with Gasteiger partial charge in [0, 0.05) is 51.0 Å². The van der Waals surface area contributed by atoms with Crippen molar-refractivity contribution in [2.75, 3.05) is 39.7 Å². The smallest absolute Gasteiger partial charge is 0.170 e. The number of carbonyl (C=O) groups excluding carboxylic acids is 1. The zero-order valence-electron chi connectivity index (χ0n) is 16.1. The number of pyridine rings is 1. The van der Waals surface area contributed by atoms with E-state index in [4.69, 9.17) is 36.0 Å². The molecule has 0 unspecified atom stereocenters. The Balaban J connectivity index is 2.27. The van der Waals surface area contributed by atoms with Gasteiger partial charge in [-0.2, -0.15) is 0 Å². The normalized spacial score (nSPS) is 10.9. The number of para-hydroxylation sites is 1. The molecule has 1 heterocycles. The summed E-state index contributed by atoms with van der Waals surface area (Å²) in [5.74, 6) is 0.794. The summed E-state index contributed by atoms with van der Waals surface area (Å²) in [4.78, 5) is 21.4. The van der Waals surface area contributed by atoms with Gasteiger partial charge in [-0.25, -0.2) is 4.98 Å². The number of ketones is 1. The van der Waals surface area contributed by atoms with E-state index in [-0.39, 0.29) is 16.9 Å². The zero-order valence-corrected chi connectivity index (χ0v) is 20.2. The summed E-state index contributed by atoms with van der Waals surface area (Å²) in [6, 6.07) is 9.44. The SMILES string of the molecule is CN(C)C(=S)SCC(CSC(=S)N(C)C)C(=O)c1cc2ccccc2nc1Cl. The van der Waals surface area contributed by atoms with Crippen molar-refractivity contribution in [1.82, 2.24) is 14.8 Å². The van der Waals surface area contributed by atoms with Gasteiger partial charge in [-0.05, 0) is 12.1 Å². The van der Waals surface area contributed by atoms with E-state index in [2.05, 4.69) is 4.98 Å². The standard InChI is InChI=1S/C19H22ClN3OS4/c1-22(2)18(25)27-10-13(11-28-19(26)23(3)4)16(24)14-9-12-7-5-6-8-15(12)21-17(14)20/h5-9,13H,10-11H2,1-4H3. The number of aromatic nitrogens is 1. The lowest BCUT2D eigenvalue weighted by Gasteiger charge is -2.20. The predicted molar refractivity (Wildman–Crippen MR) is 132 cm³/mol. The van der Waals surface area contributed by atoms with Crippen LogP contribution in [0.5, 0.6) is 0 Å². The van der Waals surface area contributed by atoms with Gasteiger partial charge in [0.1, 0.15) is 13.8 Å². The molecule has 0 atom stereocenters. The van der Waals surface area contributed by atoms with Crippen molar-refractivity contribution in [3.05, 3.63) is 41.0 Å². The number of rotatable bonds is 6. The number of fused-ring (bicyclic) bond motifs is 1. The highest BCUT2D eigenvalue weighted by molar-refractivity contribution is 8.23. The van der Waals surface area contributed by atoms with Gasteiger partial charge >= 0.3 is 0 Å². The monoisotopic (exact) mass is 471 g/mol. The van der Waals surface area contributed by atoms with Crippen molar-refractivity contribution in [3.63, 3.8) is 0 Å². The Bertz CT molecular complexity index is 865. The van der Waals surface area contributed by atoms with Crippen LogP contribution in [0, 0.1) is 5.92 Å². The minimum Gasteiger partial charge on any atom is -0.364 e. The third kappa shape index (κ3) is 6.29. The Labute approximate surface area is 190 Å². The van der Waals surface area contributed by atoms with Crippen LogP contribution in [0.2, 0.25) is 5.15 Å². The Morgan fingerprint density at radius 3 is 2.14 bits per heavy atom. The summed E-state index contributed by atoms with van der Waals surface area (Å²) >= 11 is 20.1. The maximum absolute atomic E-state index is 13.3. The number of thiocarbonyl (C=S) groups is 2. The third-order valence-corrected chi connectivity index (χ3v) is 7.95. The van der Waals surface area contributed by atoms with Crippen LogP contribution in [0.1, 0.15) is 10.4 Å². The Kier molecular flexibility index (Phi) is 8.95. The van der Waals surface area contributed by atoms with E-state index < -0.39 is 0 Å². The van der Waals surface area contributed by atoms with Gasteiger partial charge in [-0.1, -0.05) is 77.8 Å². The number of carbonyl (C=O) groups is 1. The second-order valence-electron chi connectivity index (χ2n) is 6.52. The first-order valence-corrected chi connectivity index (χ1v) is 11.6. The molecule has 28 heavy (non-hydrogen) atoms. The summed E-state index contributed by atoms with van der Waals surface area (Å²) in [5.41, 5.74) is 1.21. The quantitative estimate of drug-likeness (QED) is 0.336. The van der Waals surface area contributed by atoms with Crippen molar-refractivity contribution in [2.24, 2.45) is 5.92 Å². The van der Waals surface area contributed by atoms with Crippen molar-refractivity contribution >= 4 is 84.9 Å². The van der Waals surface area contributed by atoms with Crippen LogP contribution in [0.25, 0.3) is 10.9 Å². The lowest BCUT2D eigenvalue weighted by atomic mass is 10.0. The average Bonchev–Trinajstić information content (AvgIpc) is 2.66. The van der Waals surface area contributed by atoms with E-state index in [1.807, 2.05) is 68.3 Å². The molecule has 0 radical (unpaired) electrons. The largest absolute Gasteiger partial charge is 0.364 e. The molecular formula is C19H22ClN3OS4. The van der Waals surface area contributed by atoms with E-state index >= 15 is 0 Å². The molecule has 1 aromatic heterocycles. The highest BCUT2D eigenvalue weighted by atomic mass is 35.5. The van der Waals surface area contributed by atoms with Crippen molar-refractivity contribution in [2.45, 2.75) is 0 Å². The molecule has 0 saturated heterocycles. The van der Waals surface area contributed by atoms with Crippen LogP contribution in [0.4, 0.5) is 0 Å². The second kappa shape index (κ2) is 10.7.